The van der Waals surface area contributed by atoms with Crippen molar-refractivity contribution in [2.75, 3.05) is 12.3 Å². The molecule has 1 aromatic rings. The molecule has 0 spiro atoms. The Balaban J connectivity index is 2.09. The van der Waals surface area contributed by atoms with Crippen molar-refractivity contribution in [2.45, 2.75) is 38.8 Å². The zero-order valence-corrected chi connectivity index (χ0v) is 10.5. The lowest BCUT2D eigenvalue weighted by atomic mass is 10.2. The lowest BCUT2D eigenvalue weighted by molar-refractivity contribution is 0.261. The summed E-state index contributed by atoms with van der Waals surface area (Å²) in [5.74, 6) is 0.741. The molecule has 92 valence electrons. The molecule has 5 nitrogen and oxygen atoms in total. The summed E-state index contributed by atoms with van der Waals surface area (Å²) in [7, 11) is 1.86. The van der Waals surface area contributed by atoms with Gasteiger partial charge in [-0.05, 0) is 19.8 Å². The first-order chi connectivity index (χ1) is 8.13. The van der Waals surface area contributed by atoms with Crippen molar-refractivity contribution >= 4 is 5.82 Å². The minimum absolute atomic E-state index is 0.579. The van der Waals surface area contributed by atoms with E-state index in [-0.39, 0.29) is 0 Å². The Hall–Kier alpha value is -1.54. The maximum Gasteiger partial charge on any atom is 0.126 e. The molecular weight excluding hydrogens is 214 g/mol. The molecule has 1 saturated carbocycles. The van der Waals surface area contributed by atoms with Crippen molar-refractivity contribution in [3.63, 3.8) is 0 Å². The van der Waals surface area contributed by atoms with Crippen LogP contribution in [0.2, 0.25) is 0 Å². The summed E-state index contributed by atoms with van der Waals surface area (Å²) in [6.07, 6.45) is 3.06. The fraction of sp³-hybridized carbons (Fsp3) is 0.667. The molecule has 1 aliphatic rings. The van der Waals surface area contributed by atoms with Crippen LogP contribution in [0.25, 0.3) is 0 Å². The molecule has 1 aromatic heterocycles. The Morgan fingerprint density at radius 1 is 1.59 bits per heavy atom. The van der Waals surface area contributed by atoms with Crippen LogP contribution in [0.5, 0.6) is 0 Å². The number of anilines is 1. The second kappa shape index (κ2) is 4.76. The summed E-state index contributed by atoms with van der Waals surface area (Å²) < 4.78 is 1.72. The molecule has 0 unspecified atom stereocenters. The van der Waals surface area contributed by atoms with Crippen molar-refractivity contribution in [2.24, 2.45) is 7.05 Å². The van der Waals surface area contributed by atoms with Gasteiger partial charge < -0.3 is 5.73 Å². The van der Waals surface area contributed by atoms with Crippen molar-refractivity contribution in [3.05, 3.63) is 11.3 Å². The van der Waals surface area contributed by atoms with Gasteiger partial charge in [0.1, 0.15) is 5.82 Å². The van der Waals surface area contributed by atoms with Crippen LogP contribution < -0.4 is 5.73 Å². The predicted molar refractivity (Wildman–Crippen MR) is 66.0 cm³/mol. The average Bonchev–Trinajstić information content (AvgIpc) is 3.09. The lowest BCUT2D eigenvalue weighted by Crippen LogP contribution is -2.27. The van der Waals surface area contributed by atoms with Gasteiger partial charge in [-0.15, -0.1) is 0 Å². The SMILES string of the molecule is Cc1nn(C)c(N)c1CN(CCC#N)C1CC1. The van der Waals surface area contributed by atoms with E-state index in [1.165, 1.54) is 12.8 Å². The van der Waals surface area contributed by atoms with E-state index in [1.807, 2.05) is 14.0 Å². The highest BCUT2D eigenvalue weighted by molar-refractivity contribution is 5.42. The van der Waals surface area contributed by atoms with Gasteiger partial charge >= 0.3 is 0 Å². The number of aryl methyl sites for hydroxylation is 2. The molecule has 17 heavy (non-hydrogen) atoms. The quantitative estimate of drug-likeness (QED) is 0.829. The monoisotopic (exact) mass is 233 g/mol. The minimum Gasteiger partial charge on any atom is -0.384 e. The molecule has 0 aliphatic heterocycles. The molecule has 2 rings (SSSR count). The Morgan fingerprint density at radius 2 is 2.29 bits per heavy atom. The molecule has 0 aromatic carbocycles. The number of aromatic nitrogens is 2. The number of hydrogen-bond acceptors (Lipinski definition) is 4. The number of nitrogen functional groups attached to an aromatic ring is 1. The van der Waals surface area contributed by atoms with Gasteiger partial charge in [-0.3, -0.25) is 9.58 Å². The molecule has 5 heteroatoms. The normalized spacial score (nSPS) is 15.2. The van der Waals surface area contributed by atoms with Gasteiger partial charge in [0.05, 0.1) is 11.8 Å². The fourth-order valence-corrected chi connectivity index (χ4v) is 2.14. The molecule has 1 heterocycles. The molecule has 0 atom stereocenters. The summed E-state index contributed by atoms with van der Waals surface area (Å²) in [5, 5.41) is 13.0. The summed E-state index contributed by atoms with van der Waals surface area (Å²) in [6, 6.07) is 2.85. The maximum atomic E-state index is 8.68. The molecule has 0 radical (unpaired) electrons. The second-order valence-corrected chi connectivity index (χ2v) is 4.68. The van der Waals surface area contributed by atoms with E-state index < -0.39 is 0 Å². The van der Waals surface area contributed by atoms with E-state index in [9.17, 15) is 0 Å². The standard InChI is InChI=1S/C12H19N5/c1-9-11(12(14)16(2)15-9)8-17(7-3-6-13)10-4-5-10/h10H,3-5,7-8,14H2,1-2H3. The zero-order valence-electron chi connectivity index (χ0n) is 10.5. The Labute approximate surface area is 102 Å². The fourth-order valence-electron chi connectivity index (χ4n) is 2.14. The number of nitrogens with two attached hydrogens (primary N) is 1. The van der Waals surface area contributed by atoms with Gasteiger partial charge in [0.15, 0.2) is 0 Å². The van der Waals surface area contributed by atoms with E-state index >= 15 is 0 Å². The maximum absolute atomic E-state index is 8.68. The van der Waals surface area contributed by atoms with Gasteiger partial charge in [0.2, 0.25) is 0 Å². The third-order valence-corrected chi connectivity index (χ3v) is 3.33. The second-order valence-electron chi connectivity index (χ2n) is 4.68. The first-order valence-corrected chi connectivity index (χ1v) is 6.02. The number of nitrogens with zero attached hydrogens (tertiary/aromatic N) is 4. The zero-order chi connectivity index (χ0) is 12.4. The first kappa shape index (κ1) is 11.9. The third kappa shape index (κ3) is 2.59. The summed E-state index contributed by atoms with van der Waals surface area (Å²) in [5.41, 5.74) is 8.11. The van der Waals surface area contributed by atoms with Crippen LogP contribution in [0.1, 0.15) is 30.5 Å². The van der Waals surface area contributed by atoms with E-state index in [0.29, 0.717) is 12.5 Å². The van der Waals surface area contributed by atoms with Crippen LogP contribution >= 0.6 is 0 Å². The molecule has 1 fully saturated rings. The van der Waals surface area contributed by atoms with Gasteiger partial charge in [-0.1, -0.05) is 0 Å². The van der Waals surface area contributed by atoms with Crippen LogP contribution in [-0.4, -0.2) is 27.3 Å². The van der Waals surface area contributed by atoms with Crippen molar-refractivity contribution in [3.8, 4) is 6.07 Å². The van der Waals surface area contributed by atoms with Crippen molar-refractivity contribution < 1.29 is 0 Å². The Morgan fingerprint density at radius 3 is 2.76 bits per heavy atom. The largest absolute Gasteiger partial charge is 0.384 e. The first-order valence-electron chi connectivity index (χ1n) is 6.02. The molecule has 0 saturated heterocycles. The Bertz CT molecular complexity index is 438. The highest BCUT2D eigenvalue weighted by atomic mass is 15.3. The van der Waals surface area contributed by atoms with Gasteiger partial charge in [0.25, 0.3) is 0 Å². The van der Waals surface area contributed by atoms with E-state index in [2.05, 4.69) is 16.1 Å². The number of nitriles is 1. The molecule has 1 aliphatic carbocycles. The Kier molecular flexibility index (Phi) is 3.34. The van der Waals surface area contributed by atoms with Crippen LogP contribution in [0.3, 0.4) is 0 Å². The highest BCUT2D eigenvalue weighted by Crippen LogP contribution is 2.30. The summed E-state index contributed by atoms with van der Waals surface area (Å²) >= 11 is 0. The number of hydrogen-bond donors (Lipinski definition) is 1. The molecule has 0 amide bonds. The van der Waals surface area contributed by atoms with E-state index in [0.717, 1.165) is 30.2 Å². The van der Waals surface area contributed by atoms with Gasteiger partial charge in [-0.25, -0.2) is 0 Å². The summed E-state index contributed by atoms with van der Waals surface area (Å²) in [6.45, 7) is 3.63. The highest BCUT2D eigenvalue weighted by Gasteiger charge is 2.29. The van der Waals surface area contributed by atoms with Crippen LogP contribution in [0.15, 0.2) is 0 Å². The van der Waals surface area contributed by atoms with Crippen molar-refractivity contribution in [1.82, 2.24) is 14.7 Å². The number of rotatable bonds is 5. The van der Waals surface area contributed by atoms with Crippen LogP contribution in [0, 0.1) is 18.3 Å². The van der Waals surface area contributed by atoms with Crippen molar-refractivity contribution in [1.29, 1.82) is 5.26 Å². The average molecular weight is 233 g/mol. The smallest absolute Gasteiger partial charge is 0.126 e. The topological polar surface area (TPSA) is 70.9 Å². The predicted octanol–water partition coefficient (Wildman–Crippen LogP) is 1.19. The molecule has 0 bridgehead atoms. The summed E-state index contributed by atoms with van der Waals surface area (Å²) in [4.78, 5) is 2.35. The van der Waals surface area contributed by atoms with E-state index in [4.69, 9.17) is 11.0 Å². The third-order valence-electron chi connectivity index (χ3n) is 3.33. The van der Waals surface area contributed by atoms with Crippen LogP contribution in [0.4, 0.5) is 5.82 Å². The molecular formula is C12H19N5. The van der Waals surface area contributed by atoms with E-state index in [1.54, 1.807) is 4.68 Å². The minimum atomic E-state index is 0.579. The molecule has 2 N–H and O–H groups in total. The van der Waals surface area contributed by atoms with Gasteiger partial charge in [-0.2, -0.15) is 10.4 Å². The van der Waals surface area contributed by atoms with Gasteiger partial charge in [0, 0.05) is 38.2 Å². The lowest BCUT2D eigenvalue weighted by Gasteiger charge is -2.20. The van der Waals surface area contributed by atoms with Crippen LogP contribution in [-0.2, 0) is 13.6 Å².